The lowest BCUT2D eigenvalue weighted by atomic mass is 9.94. The molecule has 0 fully saturated rings. The molecule has 1 rings (SSSR count). The number of carbonyl (C=O) groups is 1. The zero-order valence-corrected chi connectivity index (χ0v) is 9.42. The fourth-order valence-electron chi connectivity index (χ4n) is 1.90. The summed E-state index contributed by atoms with van der Waals surface area (Å²) in [5.41, 5.74) is 3.82. The second kappa shape index (κ2) is 5.54. The largest absolute Gasteiger partial charge is 0.481 e. The van der Waals surface area contributed by atoms with Gasteiger partial charge < -0.3 is 5.11 Å². The Morgan fingerprint density at radius 3 is 2.13 bits per heavy atom. The molecule has 0 aliphatic heterocycles. The number of aryl methyl sites for hydroxylation is 2. The van der Waals surface area contributed by atoms with E-state index in [1.165, 1.54) is 16.7 Å². The quantitative estimate of drug-likeness (QED) is 0.804. The van der Waals surface area contributed by atoms with Gasteiger partial charge >= 0.3 is 5.97 Å². The van der Waals surface area contributed by atoms with Crippen molar-refractivity contribution in [2.45, 2.75) is 39.5 Å². The molecule has 0 unspecified atom stereocenters. The minimum Gasteiger partial charge on any atom is -0.481 e. The van der Waals surface area contributed by atoms with Gasteiger partial charge in [0.25, 0.3) is 0 Å². The van der Waals surface area contributed by atoms with Gasteiger partial charge in [-0.3, -0.25) is 4.79 Å². The van der Waals surface area contributed by atoms with Gasteiger partial charge in [0, 0.05) is 6.42 Å². The van der Waals surface area contributed by atoms with Gasteiger partial charge in [-0.05, 0) is 36.0 Å². The molecular formula is C13H18O2. The van der Waals surface area contributed by atoms with Crippen molar-refractivity contribution in [3.63, 3.8) is 0 Å². The summed E-state index contributed by atoms with van der Waals surface area (Å²) in [4.78, 5) is 10.6. The normalized spacial score (nSPS) is 10.3. The van der Waals surface area contributed by atoms with E-state index in [1.54, 1.807) is 0 Å². The zero-order valence-electron chi connectivity index (χ0n) is 9.42. The lowest BCUT2D eigenvalue weighted by Crippen LogP contribution is -2.03. The van der Waals surface area contributed by atoms with E-state index in [0.29, 0.717) is 6.42 Å². The van der Waals surface area contributed by atoms with Crippen LogP contribution in [-0.2, 0) is 24.1 Å². The molecule has 0 bridgehead atoms. The summed E-state index contributed by atoms with van der Waals surface area (Å²) in [5.74, 6) is -0.719. The number of rotatable bonds is 5. The number of carboxylic acid groups (broad SMARTS) is 1. The van der Waals surface area contributed by atoms with E-state index in [1.807, 2.05) is 0 Å². The first-order chi connectivity index (χ1) is 7.19. The van der Waals surface area contributed by atoms with Crippen molar-refractivity contribution in [1.82, 2.24) is 0 Å². The average Bonchev–Trinajstić information content (AvgIpc) is 2.25. The van der Waals surface area contributed by atoms with Gasteiger partial charge in [-0.1, -0.05) is 32.0 Å². The minimum absolute atomic E-state index is 0.226. The maximum atomic E-state index is 10.6. The van der Waals surface area contributed by atoms with Crippen LogP contribution >= 0.6 is 0 Å². The van der Waals surface area contributed by atoms with Crippen LogP contribution in [0.1, 0.15) is 37.0 Å². The highest BCUT2D eigenvalue weighted by Gasteiger charge is 2.07. The van der Waals surface area contributed by atoms with Crippen molar-refractivity contribution in [2.75, 3.05) is 0 Å². The van der Waals surface area contributed by atoms with Crippen molar-refractivity contribution in [3.8, 4) is 0 Å². The van der Waals surface area contributed by atoms with Crippen LogP contribution in [0.15, 0.2) is 18.2 Å². The molecule has 0 amide bonds. The summed E-state index contributed by atoms with van der Waals surface area (Å²) in [7, 11) is 0. The van der Waals surface area contributed by atoms with E-state index in [4.69, 9.17) is 5.11 Å². The molecule has 1 N–H and O–H groups in total. The third kappa shape index (κ3) is 3.08. The first-order valence-corrected chi connectivity index (χ1v) is 5.50. The molecule has 2 nitrogen and oxygen atoms in total. The summed E-state index contributed by atoms with van der Waals surface area (Å²) >= 11 is 0. The van der Waals surface area contributed by atoms with E-state index in [0.717, 1.165) is 12.8 Å². The first kappa shape index (κ1) is 11.8. The summed E-state index contributed by atoms with van der Waals surface area (Å²) in [6.07, 6.45) is 2.83. The molecule has 0 aliphatic carbocycles. The Bertz CT molecular complexity index is 320. The Morgan fingerprint density at radius 2 is 1.73 bits per heavy atom. The van der Waals surface area contributed by atoms with E-state index >= 15 is 0 Å². The van der Waals surface area contributed by atoms with Gasteiger partial charge in [-0.15, -0.1) is 0 Å². The van der Waals surface area contributed by atoms with Crippen LogP contribution in [0.3, 0.4) is 0 Å². The summed E-state index contributed by atoms with van der Waals surface area (Å²) in [6.45, 7) is 4.22. The molecule has 1 aromatic rings. The highest BCUT2D eigenvalue weighted by atomic mass is 16.4. The molecule has 2 heteroatoms. The molecular weight excluding hydrogens is 188 g/mol. The van der Waals surface area contributed by atoms with Crippen LogP contribution in [0.2, 0.25) is 0 Å². The topological polar surface area (TPSA) is 37.3 Å². The maximum Gasteiger partial charge on any atom is 0.303 e. The van der Waals surface area contributed by atoms with Gasteiger partial charge in [0.05, 0.1) is 0 Å². The van der Waals surface area contributed by atoms with E-state index in [9.17, 15) is 4.79 Å². The lowest BCUT2D eigenvalue weighted by molar-refractivity contribution is -0.136. The molecule has 0 radical (unpaired) electrons. The first-order valence-electron chi connectivity index (χ1n) is 5.50. The van der Waals surface area contributed by atoms with Gasteiger partial charge in [0.15, 0.2) is 0 Å². The molecule has 0 spiro atoms. The Balaban J connectivity index is 2.94. The predicted molar refractivity (Wildman–Crippen MR) is 61.2 cm³/mol. The number of hydrogen-bond donors (Lipinski definition) is 1. The molecule has 0 saturated heterocycles. The zero-order chi connectivity index (χ0) is 11.3. The molecule has 0 saturated carbocycles. The van der Waals surface area contributed by atoms with Crippen molar-refractivity contribution >= 4 is 5.97 Å². The molecule has 0 aliphatic rings. The van der Waals surface area contributed by atoms with Crippen molar-refractivity contribution in [1.29, 1.82) is 0 Å². The van der Waals surface area contributed by atoms with Crippen LogP contribution < -0.4 is 0 Å². The smallest absolute Gasteiger partial charge is 0.303 e. The second-order valence-corrected chi connectivity index (χ2v) is 3.66. The van der Waals surface area contributed by atoms with Gasteiger partial charge in [0.1, 0.15) is 0 Å². The van der Waals surface area contributed by atoms with Crippen LogP contribution in [-0.4, -0.2) is 11.1 Å². The SMILES string of the molecule is CCc1cccc(CC)c1CCC(=O)O. The molecule has 0 heterocycles. The Labute approximate surface area is 90.9 Å². The van der Waals surface area contributed by atoms with Crippen molar-refractivity contribution in [2.24, 2.45) is 0 Å². The second-order valence-electron chi connectivity index (χ2n) is 3.66. The van der Waals surface area contributed by atoms with E-state index in [2.05, 4.69) is 32.0 Å². The van der Waals surface area contributed by atoms with Gasteiger partial charge in [-0.25, -0.2) is 0 Å². The molecule has 0 aromatic heterocycles. The number of carboxylic acids is 1. The average molecular weight is 206 g/mol. The monoisotopic (exact) mass is 206 g/mol. The predicted octanol–water partition coefficient (Wildman–Crippen LogP) is 2.83. The Kier molecular flexibility index (Phi) is 4.35. The van der Waals surface area contributed by atoms with Gasteiger partial charge in [-0.2, -0.15) is 0 Å². The highest BCUT2D eigenvalue weighted by molar-refractivity contribution is 5.67. The number of benzene rings is 1. The number of aliphatic carboxylic acids is 1. The van der Waals surface area contributed by atoms with E-state index in [-0.39, 0.29) is 6.42 Å². The molecule has 82 valence electrons. The van der Waals surface area contributed by atoms with Crippen LogP contribution in [0.5, 0.6) is 0 Å². The maximum absolute atomic E-state index is 10.6. The summed E-state index contributed by atoms with van der Waals surface area (Å²) in [5, 5.41) is 8.70. The summed E-state index contributed by atoms with van der Waals surface area (Å²) in [6, 6.07) is 6.24. The minimum atomic E-state index is -0.719. The van der Waals surface area contributed by atoms with Crippen LogP contribution in [0, 0.1) is 0 Å². The standard InChI is InChI=1S/C13H18O2/c1-3-10-6-5-7-11(4-2)12(10)8-9-13(14)15/h5-7H,3-4,8-9H2,1-2H3,(H,14,15). The third-order valence-electron chi connectivity index (χ3n) is 2.72. The lowest BCUT2D eigenvalue weighted by Gasteiger charge is -2.11. The molecule has 15 heavy (non-hydrogen) atoms. The Morgan fingerprint density at radius 1 is 1.20 bits per heavy atom. The molecule has 0 atom stereocenters. The number of hydrogen-bond acceptors (Lipinski definition) is 1. The van der Waals surface area contributed by atoms with Crippen molar-refractivity contribution in [3.05, 3.63) is 34.9 Å². The van der Waals surface area contributed by atoms with E-state index < -0.39 is 5.97 Å². The van der Waals surface area contributed by atoms with Crippen LogP contribution in [0.4, 0.5) is 0 Å². The van der Waals surface area contributed by atoms with Gasteiger partial charge in [0.2, 0.25) is 0 Å². The highest BCUT2D eigenvalue weighted by Crippen LogP contribution is 2.18. The third-order valence-corrected chi connectivity index (χ3v) is 2.72. The fraction of sp³-hybridized carbons (Fsp3) is 0.462. The van der Waals surface area contributed by atoms with Crippen LogP contribution in [0.25, 0.3) is 0 Å². The van der Waals surface area contributed by atoms with Crippen molar-refractivity contribution < 1.29 is 9.90 Å². The summed E-state index contributed by atoms with van der Waals surface area (Å²) < 4.78 is 0. The Hall–Kier alpha value is -1.31. The molecule has 1 aromatic carbocycles. The fourth-order valence-corrected chi connectivity index (χ4v) is 1.90.